The molecule has 16 heteroatoms. The van der Waals surface area contributed by atoms with Crippen LogP contribution in [-0.2, 0) is 23.9 Å². The van der Waals surface area contributed by atoms with Crippen LogP contribution in [0, 0.1) is 0 Å². The third-order valence-electron chi connectivity index (χ3n) is 6.26. The average Bonchev–Trinajstić information content (AvgIpc) is 2.88. The second-order valence-electron chi connectivity index (χ2n) is 12.5. The number of esters is 2. The molecule has 0 spiro atoms. The zero-order chi connectivity index (χ0) is 33.7. The van der Waals surface area contributed by atoms with Crippen LogP contribution < -0.4 is 31.7 Å². The molecule has 2 aromatic heterocycles. The van der Waals surface area contributed by atoms with Gasteiger partial charge in [0.15, 0.2) is 5.82 Å². The number of aromatic nitrogens is 3. The summed E-state index contributed by atoms with van der Waals surface area (Å²) in [5.74, 6) is -1.48. The quantitative estimate of drug-likeness (QED) is 0.187. The van der Waals surface area contributed by atoms with Crippen molar-refractivity contribution in [3.8, 4) is 0 Å². The van der Waals surface area contributed by atoms with Crippen LogP contribution in [0.5, 0.6) is 0 Å². The predicted molar refractivity (Wildman–Crippen MR) is 170 cm³/mol. The van der Waals surface area contributed by atoms with Crippen LogP contribution in [0.1, 0.15) is 71.7 Å². The minimum Gasteiger partial charge on any atom is -0.460 e. The molecular formula is C29H41ClN8O7. The zero-order valence-corrected chi connectivity index (χ0v) is 27.5. The molecule has 246 valence electrons. The molecule has 2 atom stereocenters. The van der Waals surface area contributed by atoms with Gasteiger partial charge in [0.2, 0.25) is 11.9 Å². The Morgan fingerprint density at radius 3 is 2.36 bits per heavy atom. The smallest absolute Gasteiger partial charge is 0.329 e. The van der Waals surface area contributed by atoms with E-state index >= 15 is 0 Å². The van der Waals surface area contributed by atoms with Crippen LogP contribution in [0.2, 0.25) is 5.15 Å². The summed E-state index contributed by atoms with van der Waals surface area (Å²) < 4.78 is 10.8. The van der Waals surface area contributed by atoms with Crippen molar-refractivity contribution in [3.63, 3.8) is 0 Å². The molecule has 45 heavy (non-hydrogen) atoms. The van der Waals surface area contributed by atoms with Crippen LogP contribution in [0.4, 0.5) is 23.3 Å². The monoisotopic (exact) mass is 648 g/mol. The Kier molecular flexibility index (Phi) is 11.0. The molecule has 15 nitrogen and oxygen atoms in total. The van der Waals surface area contributed by atoms with E-state index < -0.39 is 40.6 Å². The van der Waals surface area contributed by atoms with Gasteiger partial charge in [-0.3, -0.25) is 29.5 Å². The standard InChI is InChI=1S/C29H41ClN8O7/c1-15(39)33-27-36-23-21(25(42)37-27)38(8)16(14-32-23)13-31-19-11-9-17(22(30)35-19)24(41)34-18(26(43)45-29(5,6)7)10-12-20(40)44-28(2,3)4/h9,11,16,18H,10,12-14H2,1-8H3,(H,31,35)(H,34,41)(H3,32,33,36,37,39,42)/t16?,18-/m0/s1. The number of carbonyl (C=O) groups excluding carboxylic acids is 4. The molecule has 0 fully saturated rings. The van der Waals surface area contributed by atoms with Crippen molar-refractivity contribution in [2.45, 2.75) is 84.6 Å². The summed E-state index contributed by atoms with van der Waals surface area (Å²) in [6, 6.07) is 1.68. The Morgan fingerprint density at radius 1 is 1.09 bits per heavy atom. The van der Waals surface area contributed by atoms with Gasteiger partial charge in [0, 0.05) is 33.5 Å². The second-order valence-corrected chi connectivity index (χ2v) is 12.9. The molecule has 0 bridgehead atoms. The van der Waals surface area contributed by atoms with E-state index in [2.05, 4.69) is 36.2 Å². The number of ether oxygens (including phenoxy) is 2. The summed E-state index contributed by atoms with van der Waals surface area (Å²) in [4.78, 5) is 75.2. The van der Waals surface area contributed by atoms with Gasteiger partial charge in [-0.1, -0.05) is 11.6 Å². The van der Waals surface area contributed by atoms with Crippen LogP contribution >= 0.6 is 11.6 Å². The number of halogens is 1. The van der Waals surface area contributed by atoms with Gasteiger partial charge >= 0.3 is 11.9 Å². The van der Waals surface area contributed by atoms with Crippen molar-refractivity contribution in [1.29, 1.82) is 0 Å². The highest BCUT2D eigenvalue weighted by Crippen LogP contribution is 2.26. The third-order valence-corrected chi connectivity index (χ3v) is 6.55. The van der Waals surface area contributed by atoms with Gasteiger partial charge in [0.05, 0.1) is 11.6 Å². The number of hydrogen-bond donors (Lipinski definition) is 5. The van der Waals surface area contributed by atoms with Gasteiger partial charge in [-0.25, -0.2) is 9.78 Å². The van der Waals surface area contributed by atoms with E-state index in [4.69, 9.17) is 21.1 Å². The molecule has 1 aliphatic rings. The number of anilines is 4. The number of likely N-dealkylation sites (N-methyl/N-ethyl adjacent to an activating group) is 1. The minimum absolute atomic E-state index is 0.0194. The van der Waals surface area contributed by atoms with E-state index in [1.54, 1.807) is 59.6 Å². The van der Waals surface area contributed by atoms with Crippen LogP contribution in [0.15, 0.2) is 16.9 Å². The maximum Gasteiger partial charge on any atom is 0.329 e. The molecule has 0 aromatic carbocycles. The first-order valence-electron chi connectivity index (χ1n) is 14.4. The fraction of sp³-hybridized carbons (Fsp3) is 0.552. The molecule has 2 amide bonds. The Bertz CT molecular complexity index is 1500. The lowest BCUT2D eigenvalue weighted by Gasteiger charge is -2.35. The highest BCUT2D eigenvalue weighted by molar-refractivity contribution is 6.32. The normalized spacial score (nSPS) is 15.2. The number of rotatable bonds is 10. The average molecular weight is 649 g/mol. The number of amides is 2. The lowest BCUT2D eigenvalue weighted by Crippen LogP contribution is -2.48. The lowest BCUT2D eigenvalue weighted by molar-refractivity contribution is -0.158. The van der Waals surface area contributed by atoms with Crippen molar-refractivity contribution in [1.82, 2.24) is 20.3 Å². The third kappa shape index (κ3) is 10.3. The number of fused-ring (bicyclic) bond motifs is 1. The molecule has 3 rings (SSSR count). The summed E-state index contributed by atoms with van der Waals surface area (Å²) >= 11 is 6.37. The fourth-order valence-corrected chi connectivity index (χ4v) is 4.56. The Balaban J connectivity index is 1.67. The van der Waals surface area contributed by atoms with Gasteiger partial charge < -0.3 is 30.3 Å². The number of nitrogens with zero attached hydrogens (tertiary/aromatic N) is 3. The number of aromatic amines is 1. The van der Waals surface area contributed by atoms with Gasteiger partial charge in [-0.05, 0) is 60.1 Å². The summed E-state index contributed by atoms with van der Waals surface area (Å²) in [6.07, 6.45) is -0.164. The summed E-state index contributed by atoms with van der Waals surface area (Å²) in [6.45, 7) is 12.4. The summed E-state index contributed by atoms with van der Waals surface area (Å²) in [7, 11) is 1.75. The van der Waals surface area contributed by atoms with Gasteiger partial charge in [-0.2, -0.15) is 4.98 Å². The van der Waals surface area contributed by atoms with Crippen molar-refractivity contribution >= 4 is 58.6 Å². The van der Waals surface area contributed by atoms with E-state index in [-0.39, 0.29) is 41.5 Å². The number of pyridine rings is 1. The SMILES string of the molecule is CC(=O)Nc1nc2c(c(=O)[nH]1)N(C)C(CNc1ccc(C(=O)N[C@@H](CCC(=O)OC(C)(C)C)C(=O)OC(C)(C)C)c(Cl)n1)CN2. The van der Waals surface area contributed by atoms with Crippen molar-refractivity contribution < 1.29 is 28.7 Å². The summed E-state index contributed by atoms with van der Waals surface area (Å²) in [5, 5.41) is 11.2. The molecule has 2 aromatic rings. The molecule has 0 aliphatic carbocycles. The van der Waals surface area contributed by atoms with E-state index in [1.165, 1.54) is 13.0 Å². The fourth-order valence-electron chi connectivity index (χ4n) is 4.32. The molecule has 1 aliphatic heterocycles. The highest BCUT2D eigenvalue weighted by atomic mass is 35.5. The van der Waals surface area contributed by atoms with Gasteiger partial charge in [-0.15, -0.1) is 0 Å². The van der Waals surface area contributed by atoms with E-state index in [0.717, 1.165) is 0 Å². The largest absolute Gasteiger partial charge is 0.460 e. The maximum atomic E-state index is 13.2. The van der Waals surface area contributed by atoms with Crippen molar-refractivity contribution in [2.24, 2.45) is 0 Å². The van der Waals surface area contributed by atoms with Crippen molar-refractivity contribution in [2.75, 3.05) is 41.0 Å². The predicted octanol–water partition coefficient (Wildman–Crippen LogP) is 2.68. The van der Waals surface area contributed by atoms with E-state index in [9.17, 15) is 24.0 Å². The Labute approximate surface area is 266 Å². The van der Waals surface area contributed by atoms with E-state index in [0.29, 0.717) is 30.4 Å². The minimum atomic E-state index is -1.14. The molecule has 0 radical (unpaired) electrons. The van der Waals surface area contributed by atoms with Crippen molar-refractivity contribution in [3.05, 3.63) is 33.2 Å². The second kappa shape index (κ2) is 14.1. The topological polar surface area (TPSA) is 197 Å². The van der Waals surface area contributed by atoms with Crippen LogP contribution in [-0.4, -0.2) is 82.1 Å². The molecule has 1 unspecified atom stereocenters. The first-order chi connectivity index (χ1) is 20.8. The number of hydrogen-bond acceptors (Lipinski definition) is 12. The number of carbonyl (C=O) groups is 4. The van der Waals surface area contributed by atoms with Crippen LogP contribution in [0.3, 0.4) is 0 Å². The van der Waals surface area contributed by atoms with E-state index in [1.807, 2.05) is 0 Å². The molecule has 3 heterocycles. The highest BCUT2D eigenvalue weighted by Gasteiger charge is 2.30. The van der Waals surface area contributed by atoms with Gasteiger partial charge in [0.25, 0.3) is 11.5 Å². The number of nitrogens with one attached hydrogen (secondary N) is 5. The molecular weight excluding hydrogens is 608 g/mol. The maximum absolute atomic E-state index is 13.2. The summed E-state index contributed by atoms with van der Waals surface area (Å²) in [5.41, 5.74) is -1.60. The Morgan fingerprint density at radius 2 is 1.76 bits per heavy atom. The zero-order valence-electron chi connectivity index (χ0n) is 26.7. The molecule has 0 saturated carbocycles. The first-order valence-corrected chi connectivity index (χ1v) is 14.8. The van der Waals surface area contributed by atoms with Gasteiger partial charge in [0.1, 0.15) is 33.9 Å². The van der Waals surface area contributed by atoms with Crippen LogP contribution in [0.25, 0.3) is 0 Å². The Hall–Kier alpha value is -4.40. The number of H-pyrrole nitrogens is 1. The lowest BCUT2D eigenvalue weighted by atomic mass is 10.1. The molecule has 5 N–H and O–H groups in total. The molecule has 0 saturated heterocycles. The first kappa shape index (κ1) is 35.1.